The lowest BCUT2D eigenvalue weighted by atomic mass is 10.1. The van der Waals surface area contributed by atoms with Crippen LogP contribution < -0.4 is 0 Å². The summed E-state index contributed by atoms with van der Waals surface area (Å²) in [6.07, 6.45) is 11.2. The van der Waals surface area contributed by atoms with Crippen molar-refractivity contribution in [3.63, 3.8) is 0 Å². The molecule has 0 fully saturated rings. The van der Waals surface area contributed by atoms with Gasteiger partial charge in [0.2, 0.25) is 0 Å². The predicted molar refractivity (Wildman–Crippen MR) is 50.9 cm³/mol. The van der Waals surface area contributed by atoms with Crippen LogP contribution in [-0.4, -0.2) is 4.98 Å². The maximum atomic E-state index is 3.96. The Morgan fingerprint density at radius 1 is 1.33 bits per heavy atom. The van der Waals surface area contributed by atoms with Crippen LogP contribution in [0.5, 0.6) is 0 Å². The fourth-order valence-corrected chi connectivity index (χ4v) is 1.25. The zero-order chi connectivity index (χ0) is 8.65. The summed E-state index contributed by atoms with van der Waals surface area (Å²) in [4.78, 5) is 3.96. The monoisotopic (exact) mass is 162 g/mol. The quantitative estimate of drug-likeness (QED) is 0.606. The van der Waals surface area contributed by atoms with Crippen LogP contribution in [-0.2, 0) is 6.42 Å². The molecule has 0 bridgehead atoms. The highest BCUT2D eigenvalue weighted by atomic mass is 14.6. The summed E-state index contributed by atoms with van der Waals surface area (Å²) in [6.45, 7) is 2.24. The lowest BCUT2D eigenvalue weighted by Crippen LogP contribution is -1.86. The summed E-state index contributed by atoms with van der Waals surface area (Å²) in [5.41, 5.74) is 1.34. The van der Waals surface area contributed by atoms with Crippen molar-refractivity contribution in [1.82, 2.24) is 4.98 Å². The zero-order valence-electron chi connectivity index (χ0n) is 7.71. The molecule has 0 amide bonds. The molecule has 65 valence electrons. The van der Waals surface area contributed by atoms with Crippen LogP contribution in [0.4, 0.5) is 0 Å². The van der Waals surface area contributed by atoms with Crippen LogP contribution in [0.2, 0.25) is 0 Å². The fourth-order valence-electron chi connectivity index (χ4n) is 1.25. The van der Waals surface area contributed by atoms with Crippen LogP contribution in [0.1, 0.15) is 38.2 Å². The third-order valence-corrected chi connectivity index (χ3v) is 2.00. The van der Waals surface area contributed by atoms with Crippen molar-refractivity contribution in [1.29, 1.82) is 0 Å². The smallest absolute Gasteiger partial charge is 0.0886 e. The Balaban J connectivity index is 2.16. The van der Waals surface area contributed by atoms with Gasteiger partial charge in [0.25, 0.3) is 0 Å². The Kier molecular flexibility index (Phi) is 4.43. The molecule has 1 nitrogen and oxygen atoms in total. The maximum absolute atomic E-state index is 3.96. The molecule has 0 aliphatic carbocycles. The van der Waals surface area contributed by atoms with Crippen LogP contribution in [0.25, 0.3) is 0 Å². The van der Waals surface area contributed by atoms with Gasteiger partial charge in [-0.1, -0.05) is 32.3 Å². The lowest BCUT2D eigenvalue weighted by molar-refractivity contribution is 0.666. The minimum atomic E-state index is 1.17. The van der Waals surface area contributed by atoms with E-state index in [2.05, 4.69) is 24.2 Å². The molecule has 1 heteroatoms. The molecule has 0 aromatic carbocycles. The van der Waals surface area contributed by atoms with Gasteiger partial charge in [-0.25, -0.2) is 0 Å². The van der Waals surface area contributed by atoms with Gasteiger partial charge < -0.3 is 0 Å². The van der Waals surface area contributed by atoms with E-state index in [9.17, 15) is 0 Å². The standard InChI is InChI=1S/C11H16N/c1-2-3-4-5-7-11-8-6-9-12-10-11/h6,8,10H,2-5,7H2,1H3. The van der Waals surface area contributed by atoms with E-state index in [4.69, 9.17) is 0 Å². The van der Waals surface area contributed by atoms with Crippen molar-refractivity contribution in [3.8, 4) is 0 Å². The zero-order valence-corrected chi connectivity index (χ0v) is 7.71. The highest BCUT2D eigenvalue weighted by molar-refractivity contribution is 5.07. The molecular formula is C11H16N. The molecule has 1 aromatic heterocycles. The van der Waals surface area contributed by atoms with E-state index in [0.29, 0.717) is 0 Å². The van der Waals surface area contributed by atoms with E-state index in [-0.39, 0.29) is 0 Å². The fraction of sp³-hybridized carbons (Fsp3) is 0.545. The molecule has 0 aliphatic rings. The number of unbranched alkanes of at least 4 members (excludes halogenated alkanes) is 3. The number of aryl methyl sites for hydroxylation is 1. The molecule has 0 spiro atoms. The molecule has 0 aliphatic heterocycles. The Labute approximate surface area is 74.8 Å². The molecule has 0 saturated heterocycles. The van der Waals surface area contributed by atoms with Gasteiger partial charge in [-0.05, 0) is 24.5 Å². The van der Waals surface area contributed by atoms with Crippen molar-refractivity contribution in [3.05, 3.63) is 30.1 Å². The van der Waals surface area contributed by atoms with Gasteiger partial charge in [0.15, 0.2) is 0 Å². The first kappa shape index (κ1) is 9.24. The number of rotatable bonds is 5. The van der Waals surface area contributed by atoms with Crippen molar-refractivity contribution in [2.75, 3.05) is 0 Å². The first-order chi connectivity index (χ1) is 5.93. The molecule has 1 rings (SSSR count). The van der Waals surface area contributed by atoms with Crippen LogP contribution in [0.15, 0.2) is 18.3 Å². The Morgan fingerprint density at radius 2 is 2.25 bits per heavy atom. The molecular weight excluding hydrogens is 146 g/mol. The average Bonchev–Trinajstić information content (AvgIpc) is 2.14. The van der Waals surface area contributed by atoms with Crippen LogP contribution in [0.3, 0.4) is 0 Å². The minimum Gasteiger partial charge on any atom is -0.254 e. The van der Waals surface area contributed by atoms with E-state index in [1.165, 1.54) is 37.7 Å². The lowest BCUT2D eigenvalue weighted by Gasteiger charge is -1.98. The summed E-state index contributed by atoms with van der Waals surface area (Å²) in [6, 6.07) is 3.98. The number of aromatic nitrogens is 1. The number of hydrogen-bond acceptors (Lipinski definition) is 1. The van der Waals surface area contributed by atoms with Gasteiger partial charge in [0.05, 0.1) is 6.20 Å². The Morgan fingerprint density at radius 3 is 2.92 bits per heavy atom. The van der Waals surface area contributed by atoms with Gasteiger partial charge in [-0.3, -0.25) is 4.98 Å². The summed E-state index contributed by atoms with van der Waals surface area (Å²) in [5, 5.41) is 0. The van der Waals surface area contributed by atoms with Gasteiger partial charge in [0, 0.05) is 6.20 Å². The molecule has 1 aromatic rings. The molecule has 1 radical (unpaired) electrons. The van der Waals surface area contributed by atoms with E-state index in [0.717, 1.165) is 0 Å². The minimum absolute atomic E-state index is 1.17. The first-order valence-electron chi connectivity index (χ1n) is 4.74. The maximum Gasteiger partial charge on any atom is 0.0886 e. The van der Waals surface area contributed by atoms with Gasteiger partial charge in [-0.15, -0.1) is 0 Å². The normalized spacial score (nSPS) is 10.1. The molecule has 12 heavy (non-hydrogen) atoms. The third-order valence-electron chi connectivity index (χ3n) is 2.00. The second kappa shape index (κ2) is 5.76. The SMILES string of the molecule is CCCCCCc1cc[c]nc1. The highest BCUT2D eigenvalue weighted by Crippen LogP contribution is 2.05. The molecule has 0 atom stereocenters. The second-order valence-electron chi connectivity index (χ2n) is 3.11. The van der Waals surface area contributed by atoms with Gasteiger partial charge >= 0.3 is 0 Å². The largest absolute Gasteiger partial charge is 0.254 e. The topological polar surface area (TPSA) is 12.9 Å². The third kappa shape index (κ3) is 3.51. The van der Waals surface area contributed by atoms with Crippen molar-refractivity contribution in [2.45, 2.75) is 39.0 Å². The van der Waals surface area contributed by atoms with Crippen molar-refractivity contribution in [2.24, 2.45) is 0 Å². The molecule has 1 heterocycles. The van der Waals surface area contributed by atoms with Crippen molar-refractivity contribution < 1.29 is 0 Å². The van der Waals surface area contributed by atoms with Gasteiger partial charge in [-0.2, -0.15) is 0 Å². The molecule has 0 unspecified atom stereocenters. The second-order valence-corrected chi connectivity index (χ2v) is 3.11. The summed E-state index contributed by atoms with van der Waals surface area (Å²) < 4.78 is 0. The first-order valence-corrected chi connectivity index (χ1v) is 4.74. The average molecular weight is 162 g/mol. The van der Waals surface area contributed by atoms with Gasteiger partial charge in [0.1, 0.15) is 0 Å². The Hall–Kier alpha value is -0.850. The van der Waals surface area contributed by atoms with E-state index in [1.807, 2.05) is 12.3 Å². The van der Waals surface area contributed by atoms with E-state index < -0.39 is 0 Å². The summed E-state index contributed by atoms with van der Waals surface area (Å²) >= 11 is 0. The predicted octanol–water partition coefficient (Wildman–Crippen LogP) is 3.00. The Bertz CT molecular complexity index is 193. The van der Waals surface area contributed by atoms with Crippen LogP contribution >= 0.6 is 0 Å². The number of pyridine rings is 1. The molecule has 0 saturated carbocycles. The van der Waals surface area contributed by atoms with Crippen molar-refractivity contribution >= 4 is 0 Å². The summed E-state index contributed by atoms with van der Waals surface area (Å²) in [5.74, 6) is 0. The van der Waals surface area contributed by atoms with Crippen LogP contribution in [0, 0.1) is 6.20 Å². The van der Waals surface area contributed by atoms with E-state index in [1.54, 1.807) is 0 Å². The number of nitrogens with zero attached hydrogens (tertiary/aromatic N) is 1. The highest BCUT2D eigenvalue weighted by Gasteiger charge is 1.91. The number of hydrogen-bond donors (Lipinski definition) is 0. The summed E-state index contributed by atoms with van der Waals surface area (Å²) in [7, 11) is 0. The van der Waals surface area contributed by atoms with E-state index >= 15 is 0 Å². The molecule has 0 N–H and O–H groups in total.